The smallest absolute Gasteiger partial charge is 0.258 e. The minimum Gasteiger partial charge on any atom is -0.258 e. The standard InChI is InChI=1S/C6H7NO2S/c1-2-5-3-6(7(8)9)10-4-5/h3-4H,2H2,1H3. The summed E-state index contributed by atoms with van der Waals surface area (Å²) in [6.45, 7) is 1.98. The van der Waals surface area contributed by atoms with Gasteiger partial charge in [0.1, 0.15) is 0 Å². The highest BCUT2D eigenvalue weighted by molar-refractivity contribution is 7.13. The molecule has 0 fully saturated rings. The van der Waals surface area contributed by atoms with E-state index in [1.165, 1.54) is 11.3 Å². The van der Waals surface area contributed by atoms with E-state index in [0.717, 1.165) is 12.0 Å². The maximum Gasteiger partial charge on any atom is 0.324 e. The molecule has 0 radical (unpaired) electrons. The molecule has 0 atom stereocenters. The molecule has 0 N–H and O–H groups in total. The number of nitro groups is 1. The number of rotatable bonds is 2. The minimum absolute atomic E-state index is 0.233. The highest BCUT2D eigenvalue weighted by Gasteiger charge is 2.07. The highest BCUT2D eigenvalue weighted by Crippen LogP contribution is 2.22. The minimum atomic E-state index is -0.357. The monoisotopic (exact) mass is 157 g/mol. The van der Waals surface area contributed by atoms with Gasteiger partial charge in [0.15, 0.2) is 0 Å². The molecule has 3 nitrogen and oxygen atoms in total. The van der Waals surface area contributed by atoms with Gasteiger partial charge in [-0.05, 0) is 12.0 Å². The normalized spacial score (nSPS) is 9.70. The van der Waals surface area contributed by atoms with E-state index in [1.807, 2.05) is 12.3 Å². The number of thiophene rings is 1. The van der Waals surface area contributed by atoms with Crippen LogP contribution in [0.2, 0.25) is 0 Å². The zero-order chi connectivity index (χ0) is 7.56. The first-order valence-electron chi connectivity index (χ1n) is 2.96. The zero-order valence-electron chi connectivity index (χ0n) is 5.53. The average molecular weight is 157 g/mol. The van der Waals surface area contributed by atoms with Crippen molar-refractivity contribution in [2.24, 2.45) is 0 Å². The van der Waals surface area contributed by atoms with Gasteiger partial charge in [-0.1, -0.05) is 18.3 Å². The predicted molar refractivity (Wildman–Crippen MR) is 40.4 cm³/mol. The molecular weight excluding hydrogens is 150 g/mol. The van der Waals surface area contributed by atoms with Gasteiger partial charge in [0.05, 0.1) is 4.92 Å². The number of aryl methyl sites for hydroxylation is 1. The van der Waals surface area contributed by atoms with Gasteiger partial charge < -0.3 is 0 Å². The Morgan fingerprint density at radius 2 is 2.50 bits per heavy atom. The van der Waals surface area contributed by atoms with Crippen molar-refractivity contribution in [3.05, 3.63) is 27.1 Å². The van der Waals surface area contributed by atoms with Crippen LogP contribution in [0.1, 0.15) is 12.5 Å². The van der Waals surface area contributed by atoms with Crippen molar-refractivity contribution in [3.8, 4) is 0 Å². The first-order chi connectivity index (χ1) is 4.74. The Morgan fingerprint density at radius 3 is 2.80 bits per heavy atom. The lowest BCUT2D eigenvalue weighted by Crippen LogP contribution is -1.81. The van der Waals surface area contributed by atoms with E-state index in [4.69, 9.17) is 0 Å². The van der Waals surface area contributed by atoms with Crippen LogP contribution in [0.15, 0.2) is 11.4 Å². The summed E-state index contributed by atoms with van der Waals surface area (Å²) < 4.78 is 0. The van der Waals surface area contributed by atoms with E-state index in [1.54, 1.807) is 6.07 Å². The van der Waals surface area contributed by atoms with Crippen LogP contribution in [-0.4, -0.2) is 4.92 Å². The lowest BCUT2D eigenvalue weighted by Gasteiger charge is -1.80. The molecule has 0 amide bonds. The van der Waals surface area contributed by atoms with Crippen molar-refractivity contribution in [2.75, 3.05) is 0 Å². The Balaban J connectivity index is 2.88. The van der Waals surface area contributed by atoms with Gasteiger partial charge in [-0.25, -0.2) is 0 Å². The van der Waals surface area contributed by atoms with Gasteiger partial charge in [-0.15, -0.1) is 0 Å². The fourth-order valence-corrected chi connectivity index (χ4v) is 1.46. The highest BCUT2D eigenvalue weighted by atomic mass is 32.1. The van der Waals surface area contributed by atoms with Crippen molar-refractivity contribution >= 4 is 16.3 Å². The van der Waals surface area contributed by atoms with Crippen LogP contribution < -0.4 is 0 Å². The zero-order valence-corrected chi connectivity index (χ0v) is 6.35. The Morgan fingerprint density at radius 1 is 1.80 bits per heavy atom. The first kappa shape index (κ1) is 7.21. The van der Waals surface area contributed by atoms with Crippen LogP contribution in [0.5, 0.6) is 0 Å². The summed E-state index contributed by atoms with van der Waals surface area (Å²) in [5.74, 6) is 0. The molecule has 1 rings (SSSR count). The molecule has 0 saturated carbocycles. The van der Waals surface area contributed by atoms with Gasteiger partial charge in [0.2, 0.25) is 0 Å². The molecule has 1 aromatic rings. The average Bonchev–Trinajstić information content (AvgIpc) is 2.34. The molecule has 0 unspecified atom stereocenters. The van der Waals surface area contributed by atoms with E-state index in [2.05, 4.69) is 0 Å². The Hall–Kier alpha value is -0.900. The Kier molecular flexibility index (Phi) is 2.01. The van der Waals surface area contributed by atoms with E-state index in [0.29, 0.717) is 0 Å². The van der Waals surface area contributed by atoms with Gasteiger partial charge >= 0.3 is 5.00 Å². The molecule has 54 valence electrons. The van der Waals surface area contributed by atoms with Crippen molar-refractivity contribution in [3.63, 3.8) is 0 Å². The molecule has 1 aromatic heterocycles. The van der Waals surface area contributed by atoms with Crippen molar-refractivity contribution in [1.82, 2.24) is 0 Å². The molecule has 4 heteroatoms. The number of hydrogen-bond acceptors (Lipinski definition) is 3. The molecule has 0 aliphatic carbocycles. The topological polar surface area (TPSA) is 43.1 Å². The van der Waals surface area contributed by atoms with Crippen LogP contribution in [0, 0.1) is 10.1 Å². The van der Waals surface area contributed by atoms with Gasteiger partial charge in [0.25, 0.3) is 0 Å². The van der Waals surface area contributed by atoms with Crippen molar-refractivity contribution in [1.29, 1.82) is 0 Å². The van der Waals surface area contributed by atoms with Crippen LogP contribution in [-0.2, 0) is 6.42 Å². The van der Waals surface area contributed by atoms with Crippen LogP contribution in [0.4, 0.5) is 5.00 Å². The SMILES string of the molecule is CCc1csc([N+](=O)[O-])c1. The fraction of sp³-hybridized carbons (Fsp3) is 0.333. The lowest BCUT2D eigenvalue weighted by molar-refractivity contribution is -0.380. The number of nitrogens with zero attached hydrogens (tertiary/aromatic N) is 1. The van der Waals surface area contributed by atoms with Crippen molar-refractivity contribution < 1.29 is 4.92 Å². The van der Waals surface area contributed by atoms with Gasteiger partial charge in [-0.2, -0.15) is 0 Å². The summed E-state index contributed by atoms with van der Waals surface area (Å²) in [5, 5.41) is 12.2. The summed E-state index contributed by atoms with van der Waals surface area (Å²) in [6, 6.07) is 1.62. The van der Waals surface area contributed by atoms with E-state index in [-0.39, 0.29) is 9.92 Å². The number of hydrogen-bond donors (Lipinski definition) is 0. The van der Waals surface area contributed by atoms with E-state index >= 15 is 0 Å². The summed E-state index contributed by atoms with van der Waals surface area (Å²) in [7, 11) is 0. The fourth-order valence-electron chi connectivity index (χ4n) is 0.644. The Labute approximate surface area is 62.5 Å². The molecular formula is C6H7NO2S. The Bertz CT molecular complexity index is 244. The maximum absolute atomic E-state index is 10.1. The summed E-state index contributed by atoms with van der Waals surface area (Å²) >= 11 is 1.18. The third-order valence-corrected chi connectivity index (χ3v) is 2.16. The van der Waals surface area contributed by atoms with E-state index in [9.17, 15) is 10.1 Å². The van der Waals surface area contributed by atoms with Crippen LogP contribution in [0.3, 0.4) is 0 Å². The quantitative estimate of drug-likeness (QED) is 0.488. The molecule has 0 aliphatic rings. The first-order valence-corrected chi connectivity index (χ1v) is 3.83. The van der Waals surface area contributed by atoms with Crippen LogP contribution >= 0.6 is 11.3 Å². The molecule has 0 aliphatic heterocycles. The largest absolute Gasteiger partial charge is 0.324 e. The van der Waals surface area contributed by atoms with Gasteiger partial charge in [0, 0.05) is 11.4 Å². The third kappa shape index (κ3) is 1.33. The molecule has 0 bridgehead atoms. The third-order valence-electron chi connectivity index (χ3n) is 1.23. The van der Waals surface area contributed by atoms with Gasteiger partial charge in [-0.3, -0.25) is 10.1 Å². The summed E-state index contributed by atoms with van der Waals surface area (Å²) in [6.07, 6.45) is 0.865. The lowest BCUT2D eigenvalue weighted by atomic mass is 10.3. The summed E-state index contributed by atoms with van der Waals surface area (Å²) in [5.41, 5.74) is 1.04. The molecule has 0 saturated heterocycles. The summed E-state index contributed by atoms with van der Waals surface area (Å²) in [4.78, 5) is 9.79. The van der Waals surface area contributed by atoms with Crippen LogP contribution in [0.25, 0.3) is 0 Å². The second-order valence-corrected chi connectivity index (χ2v) is 2.79. The maximum atomic E-state index is 10.1. The molecule has 10 heavy (non-hydrogen) atoms. The predicted octanol–water partition coefficient (Wildman–Crippen LogP) is 2.22. The second-order valence-electron chi connectivity index (χ2n) is 1.90. The second kappa shape index (κ2) is 2.79. The van der Waals surface area contributed by atoms with Crippen molar-refractivity contribution in [2.45, 2.75) is 13.3 Å². The molecule has 1 heterocycles. The molecule has 0 aromatic carbocycles. The van der Waals surface area contributed by atoms with E-state index < -0.39 is 0 Å². The molecule has 0 spiro atoms.